The summed E-state index contributed by atoms with van der Waals surface area (Å²) < 4.78 is 19.3. The summed E-state index contributed by atoms with van der Waals surface area (Å²) in [5.41, 5.74) is 1.83. The van der Waals surface area contributed by atoms with Crippen LogP contribution in [-0.4, -0.2) is 40.6 Å². The molecule has 5 aromatic rings. The lowest BCUT2D eigenvalue weighted by molar-refractivity contribution is 0.258. The van der Waals surface area contributed by atoms with E-state index in [1.54, 1.807) is 75.1 Å². The SMILES string of the molecule is COc1ccc(NC(=O)/N=c2\nc(SC)n(-c3ccc(Oc4ccccc4)c(C)c3)c(=O)n2-c2ccc(OC)cc2)cc1. The van der Waals surface area contributed by atoms with Crippen molar-refractivity contribution in [3.8, 4) is 34.4 Å². The third-order valence-electron chi connectivity index (χ3n) is 6.41. The Morgan fingerprint density at radius 1 is 0.814 bits per heavy atom. The number of thioether (sulfide) groups is 1. The number of urea groups is 1. The average Bonchev–Trinajstić information content (AvgIpc) is 3.03. The van der Waals surface area contributed by atoms with E-state index >= 15 is 0 Å². The first-order valence-electron chi connectivity index (χ1n) is 13.2. The summed E-state index contributed by atoms with van der Waals surface area (Å²) in [5, 5.41) is 3.06. The van der Waals surface area contributed by atoms with Crippen molar-refractivity contribution in [2.24, 2.45) is 4.99 Å². The summed E-state index contributed by atoms with van der Waals surface area (Å²) in [6.45, 7) is 1.91. The van der Waals surface area contributed by atoms with E-state index in [-0.39, 0.29) is 5.62 Å². The first-order chi connectivity index (χ1) is 20.9. The number of carbonyl (C=O) groups excluding carboxylic acids is 1. The van der Waals surface area contributed by atoms with E-state index in [2.05, 4.69) is 15.3 Å². The summed E-state index contributed by atoms with van der Waals surface area (Å²) in [6, 6.07) is 27.9. The number of anilines is 1. The van der Waals surface area contributed by atoms with Crippen molar-refractivity contribution in [2.45, 2.75) is 12.1 Å². The Balaban J connectivity index is 1.62. The van der Waals surface area contributed by atoms with E-state index in [0.29, 0.717) is 45.2 Å². The quantitative estimate of drug-likeness (QED) is 0.219. The van der Waals surface area contributed by atoms with Crippen molar-refractivity contribution in [2.75, 3.05) is 25.8 Å². The fourth-order valence-electron chi connectivity index (χ4n) is 4.26. The molecule has 11 heteroatoms. The number of carbonyl (C=O) groups is 1. The highest BCUT2D eigenvalue weighted by Gasteiger charge is 2.17. The maximum atomic E-state index is 14.2. The fraction of sp³-hybridized carbons (Fsp3) is 0.125. The number of hydrogen-bond donors (Lipinski definition) is 1. The zero-order chi connectivity index (χ0) is 30.3. The van der Waals surface area contributed by atoms with Crippen LogP contribution >= 0.6 is 11.8 Å². The highest BCUT2D eigenvalue weighted by molar-refractivity contribution is 7.98. The lowest BCUT2D eigenvalue weighted by Gasteiger charge is -2.16. The number of nitrogens with zero attached hydrogens (tertiary/aromatic N) is 4. The third-order valence-corrected chi connectivity index (χ3v) is 7.05. The van der Waals surface area contributed by atoms with Gasteiger partial charge in [-0.05, 0) is 97.6 Å². The standard InChI is InChI=1S/C32H29N5O5S/c1-21-20-24(14-19-28(21)42-27-8-6-5-7-9-27)37-31(43-4)35-29(34-30(38)33-22-10-15-25(40-2)16-11-22)36(32(37)39)23-12-17-26(41-3)18-13-23/h5-20H,1-4H3,(H,33,38)/b34-29+. The van der Waals surface area contributed by atoms with Crippen molar-refractivity contribution in [1.82, 2.24) is 14.1 Å². The summed E-state index contributed by atoms with van der Waals surface area (Å²) in [5.74, 6) is 2.63. The van der Waals surface area contributed by atoms with Crippen LogP contribution in [0, 0.1) is 6.92 Å². The van der Waals surface area contributed by atoms with Gasteiger partial charge in [-0.1, -0.05) is 30.0 Å². The third kappa shape index (κ3) is 6.62. The minimum Gasteiger partial charge on any atom is -0.497 e. The number of rotatable bonds is 8. The molecule has 0 aliphatic carbocycles. The number of aryl methyl sites for hydroxylation is 1. The molecule has 43 heavy (non-hydrogen) atoms. The van der Waals surface area contributed by atoms with Crippen LogP contribution in [-0.2, 0) is 0 Å². The number of benzene rings is 4. The summed E-state index contributed by atoms with van der Waals surface area (Å²) in [7, 11) is 3.12. The number of para-hydroxylation sites is 1. The molecule has 5 rings (SSSR count). The zero-order valence-electron chi connectivity index (χ0n) is 24.0. The van der Waals surface area contributed by atoms with Gasteiger partial charge in [0.25, 0.3) is 0 Å². The summed E-state index contributed by atoms with van der Waals surface area (Å²) >= 11 is 1.26. The molecular weight excluding hydrogens is 566 g/mol. The molecule has 0 atom stereocenters. The first-order valence-corrected chi connectivity index (χ1v) is 14.4. The average molecular weight is 596 g/mol. The van der Waals surface area contributed by atoms with Crippen molar-refractivity contribution >= 4 is 23.5 Å². The maximum absolute atomic E-state index is 14.2. The fourth-order valence-corrected chi connectivity index (χ4v) is 4.80. The van der Waals surface area contributed by atoms with Gasteiger partial charge in [0.2, 0.25) is 5.62 Å². The number of methoxy groups -OCH3 is 2. The Morgan fingerprint density at radius 2 is 1.44 bits per heavy atom. The molecule has 0 fully saturated rings. The Labute approximate surface area is 252 Å². The van der Waals surface area contributed by atoms with E-state index in [1.165, 1.54) is 20.9 Å². The normalized spacial score (nSPS) is 11.2. The topological polar surface area (TPSA) is 109 Å². The Kier molecular flexibility index (Phi) is 8.92. The minimum absolute atomic E-state index is 0.0810. The van der Waals surface area contributed by atoms with Gasteiger partial charge >= 0.3 is 11.7 Å². The number of hydrogen-bond acceptors (Lipinski definition) is 7. The van der Waals surface area contributed by atoms with Gasteiger partial charge in [0.15, 0.2) is 5.16 Å². The van der Waals surface area contributed by atoms with Gasteiger partial charge in [-0.2, -0.15) is 9.98 Å². The highest BCUT2D eigenvalue weighted by atomic mass is 32.2. The van der Waals surface area contributed by atoms with Crippen molar-refractivity contribution in [1.29, 1.82) is 0 Å². The molecule has 0 aliphatic rings. The molecule has 0 radical (unpaired) electrons. The van der Waals surface area contributed by atoms with Gasteiger partial charge in [-0.25, -0.2) is 18.7 Å². The lowest BCUT2D eigenvalue weighted by Crippen LogP contribution is -2.42. The monoisotopic (exact) mass is 595 g/mol. The van der Waals surface area contributed by atoms with Gasteiger partial charge in [-0.15, -0.1) is 0 Å². The molecular formula is C32H29N5O5S. The van der Waals surface area contributed by atoms with Crippen LogP contribution in [0.1, 0.15) is 5.56 Å². The van der Waals surface area contributed by atoms with Crippen LogP contribution in [0.15, 0.2) is 112 Å². The van der Waals surface area contributed by atoms with E-state index < -0.39 is 11.7 Å². The van der Waals surface area contributed by atoms with E-state index in [9.17, 15) is 9.59 Å². The smallest absolute Gasteiger partial charge is 0.348 e. The minimum atomic E-state index is -0.692. The van der Waals surface area contributed by atoms with Crippen LogP contribution in [0.5, 0.6) is 23.0 Å². The van der Waals surface area contributed by atoms with Crippen LogP contribution in [0.2, 0.25) is 0 Å². The number of ether oxygens (including phenoxy) is 3. The van der Waals surface area contributed by atoms with Gasteiger partial charge in [0.1, 0.15) is 23.0 Å². The molecule has 0 spiro atoms. The molecule has 10 nitrogen and oxygen atoms in total. The molecule has 0 unspecified atom stereocenters. The largest absolute Gasteiger partial charge is 0.497 e. The second-order valence-corrected chi connectivity index (χ2v) is 9.96. The van der Waals surface area contributed by atoms with Crippen LogP contribution in [0.4, 0.5) is 10.5 Å². The predicted molar refractivity (Wildman–Crippen MR) is 166 cm³/mol. The summed E-state index contributed by atoms with van der Waals surface area (Å²) in [4.78, 5) is 36.1. The van der Waals surface area contributed by atoms with Gasteiger partial charge < -0.3 is 19.5 Å². The van der Waals surface area contributed by atoms with Crippen molar-refractivity contribution in [3.05, 3.63) is 119 Å². The van der Waals surface area contributed by atoms with Crippen LogP contribution in [0.25, 0.3) is 11.4 Å². The molecule has 2 amide bonds. The molecule has 1 heterocycles. The molecule has 0 bridgehead atoms. The van der Waals surface area contributed by atoms with E-state index in [1.807, 2.05) is 49.4 Å². The Bertz CT molecular complexity index is 1870. The molecule has 1 N–H and O–H groups in total. The van der Waals surface area contributed by atoms with Gasteiger partial charge in [-0.3, -0.25) is 0 Å². The molecule has 218 valence electrons. The molecule has 0 saturated heterocycles. The predicted octanol–water partition coefficient (Wildman–Crippen LogP) is 6.00. The first kappa shape index (κ1) is 29.2. The van der Waals surface area contributed by atoms with E-state index in [4.69, 9.17) is 14.2 Å². The second-order valence-electron chi connectivity index (χ2n) is 9.19. The molecule has 1 aromatic heterocycles. The van der Waals surface area contributed by atoms with Gasteiger partial charge in [0, 0.05) is 5.69 Å². The number of nitrogens with one attached hydrogen (secondary N) is 1. The molecule has 0 saturated carbocycles. The highest BCUT2D eigenvalue weighted by Crippen LogP contribution is 2.27. The van der Waals surface area contributed by atoms with Crippen molar-refractivity contribution in [3.63, 3.8) is 0 Å². The Hall–Kier alpha value is -5.29. The van der Waals surface area contributed by atoms with Crippen LogP contribution in [0.3, 0.4) is 0 Å². The zero-order valence-corrected chi connectivity index (χ0v) is 24.8. The lowest BCUT2D eigenvalue weighted by atomic mass is 10.2. The van der Waals surface area contributed by atoms with E-state index in [0.717, 1.165) is 5.56 Å². The molecule has 0 aliphatic heterocycles. The number of amides is 2. The van der Waals surface area contributed by atoms with Gasteiger partial charge in [0.05, 0.1) is 25.6 Å². The van der Waals surface area contributed by atoms with Crippen LogP contribution < -0.4 is 30.8 Å². The summed E-state index contributed by atoms with van der Waals surface area (Å²) in [6.07, 6.45) is 1.80. The second kappa shape index (κ2) is 13.1. The van der Waals surface area contributed by atoms with Crippen molar-refractivity contribution < 1.29 is 19.0 Å². The number of aromatic nitrogens is 3. The maximum Gasteiger partial charge on any atom is 0.348 e. The molecule has 4 aromatic carbocycles. The Morgan fingerprint density at radius 3 is 2.05 bits per heavy atom.